The molecule has 2 unspecified atom stereocenters. The molecule has 0 aliphatic carbocycles. The van der Waals surface area contributed by atoms with E-state index < -0.39 is 17.2 Å². The molecule has 2 aliphatic rings. The lowest BCUT2D eigenvalue weighted by atomic mass is 9.85. The summed E-state index contributed by atoms with van der Waals surface area (Å²) in [6.07, 6.45) is 3.56. The van der Waals surface area contributed by atoms with Crippen LogP contribution in [0.25, 0.3) is 0 Å². The minimum Gasteiger partial charge on any atom is -0.311 e. The summed E-state index contributed by atoms with van der Waals surface area (Å²) in [7, 11) is 0. The zero-order chi connectivity index (χ0) is 14.3. The normalized spacial score (nSPS) is 28.1. The summed E-state index contributed by atoms with van der Waals surface area (Å²) in [5.41, 5.74) is -0.600. The average molecular weight is 276 g/mol. The number of halogens is 2. The van der Waals surface area contributed by atoms with Gasteiger partial charge in [-0.05, 0) is 37.8 Å². The number of hydrogen-bond acceptors (Lipinski definition) is 3. The van der Waals surface area contributed by atoms with Gasteiger partial charge in [-0.3, -0.25) is 4.79 Å². The molecule has 3 rings (SSSR count). The Morgan fingerprint density at radius 1 is 1.20 bits per heavy atom. The van der Waals surface area contributed by atoms with Gasteiger partial charge in [0.1, 0.15) is 23.3 Å². The highest BCUT2D eigenvalue weighted by Crippen LogP contribution is 2.33. The third-order valence-corrected chi connectivity index (χ3v) is 4.28. The van der Waals surface area contributed by atoms with E-state index in [1.54, 1.807) is 0 Å². The highest BCUT2D eigenvalue weighted by Gasteiger charge is 2.37. The largest absolute Gasteiger partial charge is 0.311 e. The molecule has 2 bridgehead atoms. The Labute approximate surface area is 115 Å². The number of nitrogens with one attached hydrogen (secondary N) is 1. The summed E-state index contributed by atoms with van der Waals surface area (Å²) in [6.45, 7) is 0. The number of benzene rings is 1. The van der Waals surface area contributed by atoms with Crippen LogP contribution >= 0.6 is 0 Å². The van der Waals surface area contributed by atoms with Gasteiger partial charge in [0.05, 0.1) is 0 Å². The average Bonchev–Trinajstić information content (AvgIpc) is 2.76. The lowest BCUT2D eigenvalue weighted by Gasteiger charge is -2.28. The predicted octanol–water partition coefficient (Wildman–Crippen LogP) is 2.55. The Morgan fingerprint density at radius 2 is 1.75 bits per heavy atom. The van der Waals surface area contributed by atoms with Gasteiger partial charge in [-0.1, -0.05) is 0 Å². The molecule has 2 heterocycles. The van der Waals surface area contributed by atoms with Crippen molar-refractivity contribution in [2.24, 2.45) is 5.92 Å². The molecular weight excluding hydrogens is 262 g/mol. The lowest BCUT2D eigenvalue weighted by Crippen LogP contribution is -2.40. The minimum absolute atomic E-state index is 0.0327. The number of carbonyl (C=O) groups excluding carboxylic acids is 1. The number of hydrogen-bond donors (Lipinski definition) is 1. The van der Waals surface area contributed by atoms with Gasteiger partial charge in [-0.25, -0.2) is 8.78 Å². The third kappa shape index (κ3) is 2.20. The lowest BCUT2D eigenvalue weighted by molar-refractivity contribution is 0.0874. The van der Waals surface area contributed by atoms with Gasteiger partial charge >= 0.3 is 0 Å². The van der Waals surface area contributed by atoms with Gasteiger partial charge in [0, 0.05) is 23.6 Å². The molecule has 2 fully saturated rings. The van der Waals surface area contributed by atoms with Crippen LogP contribution in [0, 0.1) is 28.9 Å². The van der Waals surface area contributed by atoms with E-state index in [0.717, 1.165) is 37.8 Å². The van der Waals surface area contributed by atoms with Gasteiger partial charge in [-0.2, -0.15) is 5.26 Å². The van der Waals surface area contributed by atoms with Crippen molar-refractivity contribution in [1.82, 2.24) is 5.32 Å². The molecule has 0 aromatic heterocycles. The molecule has 0 saturated carbocycles. The quantitative estimate of drug-likeness (QED) is 0.845. The molecule has 1 aromatic rings. The second-order valence-electron chi connectivity index (χ2n) is 5.60. The van der Waals surface area contributed by atoms with Crippen molar-refractivity contribution in [2.75, 3.05) is 0 Å². The third-order valence-electron chi connectivity index (χ3n) is 4.28. The molecule has 2 saturated heterocycles. The number of nitriles is 1. The van der Waals surface area contributed by atoms with Crippen molar-refractivity contribution < 1.29 is 13.6 Å². The number of fused-ring (bicyclic) bond motifs is 2. The van der Waals surface area contributed by atoms with Crippen molar-refractivity contribution >= 4 is 5.78 Å². The summed E-state index contributed by atoms with van der Waals surface area (Å²) in [5.74, 6) is -2.33. The van der Waals surface area contributed by atoms with Crippen molar-refractivity contribution in [3.05, 3.63) is 34.9 Å². The summed E-state index contributed by atoms with van der Waals surface area (Å²) in [5, 5.41) is 12.1. The topological polar surface area (TPSA) is 52.9 Å². The van der Waals surface area contributed by atoms with Crippen molar-refractivity contribution in [3.8, 4) is 6.07 Å². The Balaban J connectivity index is 1.86. The summed E-state index contributed by atoms with van der Waals surface area (Å²) >= 11 is 0. The summed E-state index contributed by atoms with van der Waals surface area (Å²) < 4.78 is 27.2. The number of ketones is 1. The standard InChI is InChI=1S/C15H14F2N2O/c16-13-5-9(6-14(17)12(13)7-18)15(20)8-3-10-1-2-11(4-8)19-10/h5-6,8,10-11,19H,1-4H2. The number of nitrogens with zero attached hydrogens (tertiary/aromatic N) is 1. The fourth-order valence-corrected chi connectivity index (χ4v) is 3.33. The van der Waals surface area contributed by atoms with Crippen LogP contribution < -0.4 is 5.32 Å². The van der Waals surface area contributed by atoms with Gasteiger partial charge in [0.25, 0.3) is 0 Å². The second kappa shape index (κ2) is 4.95. The first-order chi connectivity index (χ1) is 9.58. The van der Waals surface area contributed by atoms with E-state index in [-0.39, 0.29) is 17.3 Å². The molecule has 2 aliphatic heterocycles. The first-order valence-corrected chi connectivity index (χ1v) is 6.78. The van der Waals surface area contributed by atoms with Gasteiger partial charge in [0.2, 0.25) is 0 Å². The van der Waals surface area contributed by atoms with Crippen molar-refractivity contribution in [2.45, 2.75) is 37.8 Å². The van der Waals surface area contributed by atoms with Crippen LogP contribution in [-0.2, 0) is 0 Å². The molecule has 20 heavy (non-hydrogen) atoms. The maximum atomic E-state index is 13.6. The maximum absolute atomic E-state index is 13.6. The Morgan fingerprint density at radius 3 is 2.25 bits per heavy atom. The van der Waals surface area contributed by atoms with E-state index in [4.69, 9.17) is 5.26 Å². The summed E-state index contributed by atoms with van der Waals surface area (Å²) in [4.78, 5) is 12.4. The van der Waals surface area contributed by atoms with E-state index >= 15 is 0 Å². The first kappa shape index (κ1) is 13.2. The Kier molecular flexibility index (Phi) is 3.27. The molecule has 0 amide bonds. The molecule has 1 N–H and O–H groups in total. The first-order valence-electron chi connectivity index (χ1n) is 6.78. The monoisotopic (exact) mass is 276 g/mol. The van der Waals surface area contributed by atoms with Crippen LogP contribution in [-0.4, -0.2) is 17.9 Å². The molecular formula is C15H14F2N2O. The van der Waals surface area contributed by atoms with E-state index in [1.807, 2.05) is 0 Å². The van der Waals surface area contributed by atoms with E-state index in [1.165, 1.54) is 6.07 Å². The van der Waals surface area contributed by atoms with E-state index in [2.05, 4.69) is 5.32 Å². The van der Waals surface area contributed by atoms with Crippen LogP contribution in [0.3, 0.4) is 0 Å². The fraction of sp³-hybridized carbons (Fsp3) is 0.467. The van der Waals surface area contributed by atoms with Crippen LogP contribution in [0.4, 0.5) is 8.78 Å². The predicted molar refractivity (Wildman–Crippen MR) is 68.1 cm³/mol. The maximum Gasteiger partial charge on any atom is 0.166 e. The van der Waals surface area contributed by atoms with Gasteiger partial charge < -0.3 is 5.32 Å². The molecule has 0 radical (unpaired) electrons. The zero-order valence-corrected chi connectivity index (χ0v) is 10.8. The van der Waals surface area contributed by atoms with E-state index in [0.29, 0.717) is 12.1 Å². The number of piperidine rings is 1. The molecule has 0 spiro atoms. The molecule has 5 heteroatoms. The van der Waals surface area contributed by atoms with Crippen LogP contribution in [0.15, 0.2) is 12.1 Å². The molecule has 2 atom stereocenters. The molecule has 1 aromatic carbocycles. The van der Waals surface area contributed by atoms with Crippen molar-refractivity contribution in [1.29, 1.82) is 5.26 Å². The molecule has 104 valence electrons. The van der Waals surface area contributed by atoms with Crippen LogP contribution in [0.5, 0.6) is 0 Å². The van der Waals surface area contributed by atoms with Crippen LogP contribution in [0.1, 0.15) is 41.6 Å². The summed E-state index contributed by atoms with van der Waals surface area (Å²) in [6, 6.07) is 4.11. The SMILES string of the molecule is N#Cc1c(F)cc(C(=O)C2CC3CCC(C2)N3)cc1F. The highest BCUT2D eigenvalue weighted by atomic mass is 19.1. The van der Waals surface area contributed by atoms with Gasteiger partial charge in [-0.15, -0.1) is 0 Å². The number of Topliss-reactive ketones (excluding diaryl/α,β-unsaturated/α-hetero) is 1. The second-order valence-corrected chi connectivity index (χ2v) is 5.60. The number of carbonyl (C=O) groups is 1. The zero-order valence-electron chi connectivity index (χ0n) is 10.8. The minimum atomic E-state index is -0.965. The highest BCUT2D eigenvalue weighted by molar-refractivity contribution is 5.98. The van der Waals surface area contributed by atoms with Crippen LogP contribution in [0.2, 0.25) is 0 Å². The van der Waals surface area contributed by atoms with Gasteiger partial charge in [0.15, 0.2) is 5.78 Å². The fourth-order valence-electron chi connectivity index (χ4n) is 3.33. The van der Waals surface area contributed by atoms with Crippen molar-refractivity contribution in [3.63, 3.8) is 0 Å². The Hall–Kier alpha value is -1.80. The Bertz CT molecular complexity index is 573. The molecule has 3 nitrogen and oxygen atoms in total. The van der Waals surface area contributed by atoms with E-state index in [9.17, 15) is 13.6 Å². The number of rotatable bonds is 2. The smallest absolute Gasteiger partial charge is 0.166 e.